The molecule has 0 aliphatic carbocycles. The number of aromatic nitrogens is 4. The van der Waals surface area contributed by atoms with Crippen LogP contribution in [-0.4, -0.2) is 70.1 Å². The molecule has 0 unspecified atom stereocenters. The minimum atomic E-state index is -0.0921. The summed E-state index contributed by atoms with van der Waals surface area (Å²) in [6, 6.07) is 17.1. The number of benzene rings is 2. The maximum absolute atomic E-state index is 12.7. The lowest BCUT2D eigenvalue weighted by atomic mass is 10.1. The molecule has 35 heavy (non-hydrogen) atoms. The van der Waals surface area contributed by atoms with Gasteiger partial charge in [0.05, 0.1) is 5.69 Å². The number of carbonyl (C=O) groups is 1. The van der Waals surface area contributed by atoms with E-state index in [0.29, 0.717) is 23.3 Å². The fourth-order valence-corrected chi connectivity index (χ4v) is 4.63. The molecule has 0 saturated carbocycles. The predicted molar refractivity (Wildman–Crippen MR) is 138 cm³/mol. The van der Waals surface area contributed by atoms with E-state index in [2.05, 4.69) is 49.5 Å². The van der Waals surface area contributed by atoms with E-state index in [1.807, 2.05) is 42.5 Å². The Morgan fingerprint density at radius 1 is 1.06 bits per heavy atom. The number of amides is 1. The van der Waals surface area contributed by atoms with Gasteiger partial charge in [-0.15, -0.1) is 5.10 Å². The molecule has 2 aromatic carbocycles. The number of piperazine rings is 1. The van der Waals surface area contributed by atoms with Gasteiger partial charge >= 0.3 is 0 Å². The van der Waals surface area contributed by atoms with Crippen LogP contribution < -0.4 is 10.2 Å². The summed E-state index contributed by atoms with van der Waals surface area (Å²) in [5.41, 5.74) is 5.20. The van der Waals surface area contributed by atoms with Crippen molar-refractivity contribution in [2.24, 2.45) is 0 Å². The largest absolute Gasteiger partial charge is 0.369 e. The van der Waals surface area contributed by atoms with Crippen molar-refractivity contribution >= 4 is 34.4 Å². The lowest BCUT2D eigenvalue weighted by Gasteiger charge is -2.37. The van der Waals surface area contributed by atoms with Gasteiger partial charge in [-0.25, -0.2) is 4.98 Å². The first-order valence-electron chi connectivity index (χ1n) is 11.9. The maximum Gasteiger partial charge on any atom is 0.251 e. The van der Waals surface area contributed by atoms with Crippen LogP contribution in [0.5, 0.6) is 0 Å². The van der Waals surface area contributed by atoms with Crippen LogP contribution >= 0.6 is 11.6 Å². The molecule has 0 radical (unpaired) electrons. The number of hydrogen-bond donors (Lipinski definition) is 1. The van der Waals surface area contributed by atoms with Crippen LogP contribution in [0.3, 0.4) is 0 Å². The first-order valence-corrected chi connectivity index (χ1v) is 12.2. The van der Waals surface area contributed by atoms with Gasteiger partial charge in [-0.3, -0.25) is 9.69 Å². The Balaban J connectivity index is 1.10. The fourth-order valence-electron chi connectivity index (χ4n) is 4.46. The molecule has 1 aliphatic heterocycles. The molecule has 5 rings (SSSR count). The van der Waals surface area contributed by atoms with E-state index in [1.165, 1.54) is 11.3 Å². The third-order valence-corrected chi connectivity index (χ3v) is 6.62. The lowest BCUT2D eigenvalue weighted by Crippen LogP contribution is -2.47. The highest BCUT2D eigenvalue weighted by Gasteiger charge is 2.18. The SMILES string of the molecule is Cc1ccc(Cl)cc1N1CCN(CCCNC(=O)c2cccc(-n3nnc4cccnc43)c2)CC1. The number of hydrogen-bond acceptors (Lipinski definition) is 6. The summed E-state index contributed by atoms with van der Waals surface area (Å²) in [5, 5.41) is 12.1. The molecular weight excluding hydrogens is 462 g/mol. The second kappa shape index (κ2) is 10.4. The normalized spacial score (nSPS) is 14.4. The molecule has 4 aromatic rings. The molecule has 1 N–H and O–H groups in total. The molecule has 9 heteroatoms. The van der Waals surface area contributed by atoms with Crippen molar-refractivity contribution in [1.29, 1.82) is 0 Å². The monoisotopic (exact) mass is 489 g/mol. The van der Waals surface area contributed by atoms with Crippen LogP contribution in [0.25, 0.3) is 16.9 Å². The Kier molecular flexibility index (Phi) is 6.92. The number of halogens is 1. The lowest BCUT2D eigenvalue weighted by molar-refractivity contribution is 0.0951. The third-order valence-electron chi connectivity index (χ3n) is 6.38. The van der Waals surface area contributed by atoms with Crippen LogP contribution in [0.4, 0.5) is 5.69 Å². The minimum Gasteiger partial charge on any atom is -0.369 e. The van der Waals surface area contributed by atoms with E-state index >= 15 is 0 Å². The molecule has 180 valence electrons. The summed E-state index contributed by atoms with van der Waals surface area (Å²) in [6.07, 6.45) is 2.61. The van der Waals surface area contributed by atoms with Gasteiger partial charge < -0.3 is 10.2 Å². The average Bonchev–Trinajstić information content (AvgIpc) is 3.33. The van der Waals surface area contributed by atoms with Crippen molar-refractivity contribution in [3.05, 3.63) is 76.9 Å². The van der Waals surface area contributed by atoms with Crippen LogP contribution in [0.15, 0.2) is 60.8 Å². The zero-order chi connectivity index (χ0) is 24.2. The molecule has 1 fully saturated rings. The number of nitrogens with zero attached hydrogens (tertiary/aromatic N) is 6. The zero-order valence-corrected chi connectivity index (χ0v) is 20.4. The second-order valence-corrected chi connectivity index (χ2v) is 9.20. The smallest absolute Gasteiger partial charge is 0.251 e. The number of nitrogens with one attached hydrogen (secondary N) is 1. The standard InChI is InChI=1S/C26H28ClN7O/c1-19-8-9-21(27)18-24(19)33-15-13-32(14-16-33)12-4-11-29-26(35)20-5-2-6-22(17-20)34-25-23(30-31-34)7-3-10-28-25/h2-3,5-10,17-18H,4,11-16H2,1H3,(H,29,35). The van der Waals surface area contributed by atoms with Gasteiger partial charge in [0, 0.05) is 55.2 Å². The Bertz CT molecular complexity index is 1330. The molecule has 0 atom stereocenters. The maximum atomic E-state index is 12.7. The topological polar surface area (TPSA) is 79.2 Å². The van der Waals surface area contributed by atoms with Crippen LogP contribution in [0.2, 0.25) is 5.02 Å². The summed E-state index contributed by atoms with van der Waals surface area (Å²) >= 11 is 6.20. The van der Waals surface area contributed by atoms with Gasteiger partial charge in [-0.2, -0.15) is 4.68 Å². The van der Waals surface area contributed by atoms with Gasteiger partial charge in [-0.05, 0) is 67.9 Å². The Hall–Kier alpha value is -3.49. The zero-order valence-electron chi connectivity index (χ0n) is 19.7. The molecule has 8 nitrogen and oxygen atoms in total. The van der Waals surface area contributed by atoms with Crippen LogP contribution in [-0.2, 0) is 0 Å². The van der Waals surface area contributed by atoms with Gasteiger partial charge in [0.25, 0.3) is 5.91 Å². The van der Waals surface area contributed by atoms with Gasteiger partial charge in [-0.1, -0.05) is 28.9 Å². The Labute approximate surface area is 209 Å². The highest BCUT2D eigenvalue weighted by atomic mass is 35.5. The molecule has 1 aliphatic rings. The first kappa shape index (κ1) is 23.3. The van der Waals surface area contributed by atoms with Crippen molar-refractivity contribution < 1.29 is 4.79 Å². The number of pyridine rings is 1. The van der Waals surface area contributed by atoms with Gasteiger partial charge in [0.15, 0.2) is 5.65 Å². The molecular formula is C26H28ClN7O. The fraction of sp³-hybridized carbons (Fsp3) is 0.308. The number of aryl methyl sites for hydroxylation is 1. The summed E-state index contributed by atoms with van der Waals surface area (Å²) in [5.74, 6) is -0.0921. The summed E-state index contributed by atoms with van der Waals surface area (Å²) in [6.45, 7) is 7.67. The quantitative estimate of drug-likeness (QED) is 0.399. The van der Waals surface area contributed by atoms with E-state index in [4.69, 9.17) is 11.6 Å². The number of rotatable bonds is 7. The van der Waals surface area contributed by atoms with Crippen molar-refractivity contribution in [3.63, 3.8) is 0 Å². The summed E-state index contributed by atoms with van der Waals surface area (Å²) in [4.78, 5) is 21.9. The van der Waals surface area contributed by atoms with Crippen LogP contribution in [0.1, 0.15) is 22.3 Å². The van der Waals surface area contributed by atoms with E-state index in [-0.39, 0.29) is 5.91 Å². The molecule has 1 saturated heterocycles. The first-order chi connectivity index (χ1) is 17.1. The molecule has 2 aromatic heterocycles. The Morgan fingerprint density at radius 3 is 2.77 bits per heavy atom. The number of carbonyl (C=O) groups excluding carboxylic acids is 1. The van der Waals surface area contributed by atoms with Crippen molar-refractivity contribution in [2.75, 3.05) is 44.2 Å². The average molecular weight is 490 g/mol. The Morgan fingerprint density at radius 2 is 1.91 bits per heavy atom. The molecule has 3 heterocycles. The summed E-state index contributed by atoms with van der Waals surface area (Å²) in [7, 11) is 0. The minimum absolute atomic E-state index is 0.0921. The van der Waals surface area contributed by atoms with Crippen molar-refractivity contribution in [2.45, 2.75) is 13.3 Å². The van der Waals surface area contributed by atoms with Crippen molar-refractivity contribution in [3.8, 4) is 5.69 Å². The third kappa shape index (κ3) is 5.28. The van der Waals surface area contributed by atoms with E-state index in [9.17, 15) is 4.79 Å². The highest BCUT2D eigenvalue weighted by molar-refractivity contribution is 6.30. The molecule has 0 spiro atoms. The molecule has 0 bridgehead atoms. The van der Waals surface area contributed by atoms with E-state index in [0.717, 1.165) is 49.9 Å². The highest BCUT2D eigenvalue weighted by Crippen LogP contribution is 2.25. The van der Waals surface area contributed by atoms with Crippen molar-refractivity contribution in [1.82, 2.24) is 30.2 Å². The number of fused-ring (bicyclic) bond motifs is 1. The second-order valence-electron chi connectivity index (χ2n) is 8.77. The van der Waals surface area contributed by atoms with Crippen LogP contribution in [0, 0.1) is 6.92 Å². The summed E-state index contributed by atoms with van der Waals surface area (Å²) < 4.78 is 1.65. The van der Waals surface area contributed by atoms with Gasteiger partial charge in [0.1, 0.15) is 5.52 Å². The van der Waals surface area contributed by atoms with Gasteiger partial charge in [0.2, 0.25) is 0 Å². The predicted octanol–water partition coefficient (Wildman–Crippen LogP) is 3.72. The van der Waals surface area contributed by atoms with E-state index in [1.54, 1.807) is 10.9 Å². The molecule has 1 amide bonds. The van der Waals surface area contributed by atoms with E-state index < -0.39 is 0 Å². The number of anilines is 1.